The SMILES string of the molecule is Cc1cn(CC(=O)N2CCCN(c3nc4ccccc4o3)CC2)c(=O)[nH]c1=O. The maximum atomic E-state index is 12.7. The quantitative estimate of drug-likeness (QED) is 0.715. The highest BCUT2D eigenvalue weighted by Gasteiger charge is 2.22. The Morgan fingerprint density at radius 1 is 1.18 bits per heavy atom. The number of aryl methyl sites for hydroxylation is 1. The largest absolute Gasteiger partial charge is 0.423 e. The molecule has 1 fully saturated rings. The van der Waals surface area contributed by atoms with Gasteiger partial charge in [0.15, 0.2) is 5.58 Å². The predicted octanol–water partition coefficient (Wildman–Crippen LogP) is 0.725. The van der Waals surface area contributed by atoms with E-state index >= 15 is 0 Å². The van der Waals surface area contributed by atoms with Gasteiger partial charge in [0, 0.05) is 37.9 Å². The second-order valence-corrected chi connectivity index (χ2v) is 6.88. The molecule has 0 unspecified atom stereocenters. The zero-order chi connectivity index (χ0) is 19.7. The van der Waals surface area contributed by atoms with Crippen LogP contribution in [0, 0.1) is 6.92 Å². The van der Waals surface area contributed by atoms with Crippen LogP contribution >= 0.6 is 0 Å². The molecule has 0 spiro atoms. The first-order valence-corrected chi connectivity index (χ1v) is 9.20. The Morgan fingerprint density at radius 3 is 2.82 bits per heavy atom. The van der Waals surface area contributed by atoms with Crippen molar-refractivity contribution in [2.24, 2.45) is 0 Å². The lowest BCUT2D eigenvalue weighted by molar-refractivity contribution is -0.131. The summed E-state index contributed by atoms with van der Waals surface area (Å²) >= 11 is 0. The van der Waals surface area contributed by atoms with Gasteiger partial charge in [-0.1, -0.05) is 12.1 Å². The Hall–Kier alpha value is -3.36. The molecule has 1 aliphatic rings. The van der Waals surface area contributed by atoms with Crippen molar-refractivity contribution in [3.63, 3.8) is 0 Å². The average molecular weight is 383 g/mol. The van der Waals surface area contributed by atoms with Crippen molar-refractivity contribution in [1.82, 2.24) is 19.4 Å². The Labute approximate surface area is 160 Å². The minimum atomic E-state index is -0.577. The van der Waals surface area contributed by atoms with Gasteiger partial charge in [-0.3, -0.25) is 19.1 Å². The summed E-state index contributed by atoms with van der Waals surface area (Å²) in [5, 5.41) is 0. The Bertz CT molecular complexity index is 1100. The van der Waals surface area contributed by atoms with Crippen molar-refractivity contribution >= 4 is 23.0 Å². The van der Waals surface area contributed by atoms with E-state index < -0.39 is 11.2 Å². The van der Waals surface area contributed by atoms with E-state index in [1.54, 1.807) is 11.8 Å². The molecule has 28 heavy (non-hydrogen) atoms. The van der Waals surface area contributed by atoms with Crippen molar-refractivity contribution in [3.8, 4) is 0 Å². The second kappa shape index (κ2) is 7.34. The molecule has 1 aromatic carbocycles. The number of hydrogen-bond acceptors (Lipinski definition) is 6. The van der Waals surface area contributed by atoms with Crippen molar-refractivity contribution in [2.75, 3.05) is 31.1 Å². The van der Waals surface area contributed by atoms with Crippen molar-refractivity contribution in [3.05, 3.63) is 56.9 Å². The molecule has 1 N–H and O–H groups in total. The van der Waals surface area contributed by atoms with E-state index in [0.29, 0.717) is 31.2 Å². The molecule has 0 aliphatic carbocycles. The fraction of sp³-hybridized carbons (Fsp3) is 0.368. The van der Waals surface area contributed by atoms with Gasteiger partial charge in [0.1, 0.15) is 12.1 Å². The summed E-state index contributed by atoms with van der Waals surface area (Å²) < 4.78 is 7.07. The first-order valence-electron chi connectivity index (χ1n) is 9.20. The number of hydrogen-bond donors (Lipinski definition) is 1. The molecule has 4 rings (SSSR count). The number of H-pyrrole nitrogens is 1. The van der Waals surface area contributed by atoms with Crippen LogP contribution in [0.25, 0.3) is 11.1 Å². The fourth-order valence-corrected chi connectivity index (χ4v) is 3.34. The Morgan fingerprint density at radius 2 is 2.00 bits per heavy atom. The van der Waals surface area contributed by atoms with Gasteiger partial charge in [0.2, 0.25) is 5.91 Å². The lowest BCUT2D eigenvalue weighted by Gasteiger charge is -2.21. The normalized spacial score (nSPS) is 15.0. The van der Waals surface area contributed by atoms with E-state index in [0.717, 1.165) is 24.1 Å². The van der Waals surface area contributed by atoms with Gasteiger partial charge in [-0.25, -0.2) is 4.79 Å². The third kappa shape index (κ3) is 3.55. The fourth-order valence-electron chi connectivity index (χ4n) is 3.34. The van der Waals surface area contributed by atoms with E-state index in [-0.39, 0.29) is 12.5 Å². The molecule has 0 saturated carbocycles. The number of carbonyl (C=O) groups is 1. The van der Waals surface area contributed by atoms with Gasteiger partial charge in [0.05, 0.1) is 0 Å². The van der Waals surface area contributed by atoms with E-state index in [4.69, 9.17) is 4.42 Å². The second-order valence-electron chi connectivity index (χ2n) is 6.88. The summed E-state index contributed by atoms with van der Waals surface area (Å²) in [5.41, 5.74) is 0.930. The van der Waals surface area contributed by atoms with Gasteiger partial charge in [-0.2, -0.15) is 4.98 Å². The van der Waals surface area contributed by atoms with Gasteiger partial charge in [-0.15, -0.1) is 0 Å². The number of rotatable bonds is 3. The summed E-state index contributed by atoms with van der Waals surface area (Å²) in [5.74, 6) is -0.159. The zero-order valence-electron chi connectivity index (χ0n) is 15.6. The number of oxazole rings is 1. The van der Waals surface area contributed by atoms with E-state index in [1.165, 1.54) is 10.8 Å². The number of aromatic nitrogens is 3. The number of anilines is 1. The zero-order valence-corrected chi connectivity index (χ0v) is 15.6. The third-order valence-electron chi connectivity index (χ3n) is 4.90. The van der Waals surface area contributed by atoms with Crippen LogP contribution in [0.15, 0.2) is 44.5 Å². The highest BCUT2D eigenvalue weighted by atomic mass is 16.4. The maximum Gasteiger partial charge on any atom is 0.328 e. The first kappa shape index (κ1) is 18.0. The summed E-state index contributed by atoms with van der Waals surface area (Å²) in [6.07, 6.45) is 2.19. The lowest BCUT2D eigenvalue weighted by Crippen LogP contribution is -2.40. The number of para-hydroxylation sites is 2. The molecular formula is C19H21N5O4. The molecule has 0 radical (unpaired) electrons. The number of nitrogens with zero attached hydrogens (tertiary/aromatic N) is 4. The smallest absolute Gasteiger partial charge is 0.328 e. The van der Waals surface area contributed by atoms with Crippen LogP contribution in [0.1, 0.15) is 12.0 Å². The molecule has 1 aliphatic heterocycles. The monoisotopic (exact) mass is 383 g/mol. The van der Waals surface area contributed by atoms with Crippen LogP contribution in [0.4, 0.5) is 6.01 Å². The molecule has 3 aromatic rings. The summed E-state index contributed by atoms with van der Waals surface area (Å²) in [4.78, 5) is 46.6. The highest BCUT2D eigenvalue weighted by Crippen LogP contribution is 2.22. The molecule has 1 amide bonds. The van der Waals surface area contributed by atoms with Gasteiger partial charge in [-0.05, 0) is 25.5 Å². The van der Waals surface area contributed by atoms with E-state index in [9.17, 15) is 14.4 Å². The lowest BCUT2D eigenvalue weighted by atomic mass is 10.3. The van der Waals surface area contributed by atoms with Crippen LogP contribution in [-0.2, 0) is 11.3 Å². The number of carbonyl (C=O) groups excluding carboxylic acids is 1. The first-order chi connectivity index (χ1) is 13.5. The molecule has 1 saturated heterocycles. The van der Waals surface area contributed by atoms with Crippen molar-refractivity contribution in [2.45, 2.75) is 19.9 Å². The van der Waals surface area contributed by atoms with Crippen molar-refractivity contribution in [1.29, 1.82) is 0 Å². The Kier molecular flexibility index (Phi) is 4.72. The molecular weight excluding hydrogens is 362 g/mol. The predicted molar refractivity (Wildman–Crippen MR) is 103 cm³/mol. The standard InChI is InChI=1S/C19H21N5O4/c1-13-11-24(18(27)21-17(13)26)12-16(25)22-7-4-8-23(10-9-22)19-20-14-5-2-3-6-15(14)28-19/h2-3,5-6,11H,4,7-10,12H2,1H3,(H,21,26,27). The van der Waals surface area contributed by atoms with Crippen molar-refractivity contribution < 1.29 is 9.21 Å². The number of amides is 1. The summed E-state index contributed by atoms with van der Waals surface area (Å²) in [7, 11) is 0. The summed E-state index contributed by atoms with van der Waals surface area (Å²) in [6.45, 7) is 3.93. The molecule has 0 bridgehead atoms. The van der Waals surface area contributed by atoms with Crippen LogP contribution in [0.5, 0.6) is 0 Å². The van der Waals surface area contributed by atoms with Gasteiger partial charge in [0.25, 0.3) is 11.6 Å². The minimum absolute atomic E-state index is 0.0979. The number of aromatic amines is 1. The van der Waals surface area contributed by atoms with Crippen LogP contribution in [0.3, 0.4) is 0 Å². The maximum absolute atomic E-state index is 12.7. The van der Waals surface area contributed by atoms with E-state index in [1.807, 2.05) is 29.2 Å². The minimum Gasteiger partial charge on any atom is -0.423 e. The molecule has 9 heteroatoms. The van der Waals surface area contributed by atoms with Crippen LogP contribution < -0.4 is 16.1 Å². The Balaban J connectivity index is 1.45. The van der Waals surface area contributed by atoms with E-state index in [2.05, 4.69) is 9.97 Å². The number of benzene rings is 1. The topological polar surface area (TPSA) is 104 Å². The molecule has 3 heterocycles. The molecule has 9 nitrogen and oxygen atoms in total. The molecule has 2 aromatic heterocycles. The highest BCUT2D eigenvalue weighted by molar-refractivity contribution is 5.76. The molecule has 0 atom stereocenters. The van der Waals surface area contributed by atoms with Crippen LogP contribution in [-0.4, -0.2) is 51.5 Å². The van der Waals surface area contributed by atoms with Gasteiger partial charge >= 0.3 is 5.69 Å². The average Bonchev–Trinajstić information content (AvgIpc) is 2.95. The number of fused-ring (bicyclic) bond motifs is 1. The molecule has 146 valence electrons. The van der Waals surface area contributed by atoms with Gasteiger partial charge < -0.3 is 14.2 Å². The third-order valence-corrected chi connectivity index (χ3v) is 4.90. The summed E-state index contributed by atoms with van der Waals surface area (Å²) in [6, 6.07) is 8.16. The van der Waals surface area contributed by atoms with Crippen LogP contribution in [0.2, 0.25) is 0 Å². The number of nitrogens with one attached hydrogen (secondary N) is 1.